The molecule has 0 atom stereocenters. The number of barbiturate groups is 1. The smallest absolute Gasteiger partial charge is 0.341 e. The monoisotopic (exact) mass is 354 g/mol. The number of carboxylic acids is 1. The van der Waals surface area contributed by atoms with Gasteiger partial charge in [-0.25, -0.2) is 9.59 Å². The molecule has 4 amide bonds. The molecule has 1 saturated heterocycles. The number of hydrogen-bond acceptors (Lipinski definition) is 6. The number of imide groups is 2. The van der Waals surface area contributed by atoms with Crippen molar-refractivity contribution in [2.45, 2.75) is 0 Å². The van der Waals surface area contributed by atoms with Gasteiger partial charge in [-0.15, -0.1) is 0 Å². The molecule has 0 aromatic heterocycles. The molecule has 0 unspecified atom stereocenters. The van der Waals surface area contributed by atoms with Gasteiger partial charge in [-0.2, -0.15) is 0 Å². The van der Waals surface area contributed by atoms with Crippen LogP contribution >= 0.6 is 11.6 Å². The van der Waals surface area contributed by atoms with Crippen LogP contribution in [0.4, 0.5) is 4.79 Å². The highest BCUT2D eigenvalue weighted by Gasteiger charge is 2.27. The molecule has 9 nitrogen and oxygen atoms in total. The van der Waals surface area contributed by atoms with E-state index in [1.807, 2.05) is 10.6 Å². The van der Waals surface area contributed by atoms with Gasteiger partial charge in [0.25, 0.3) is 11.8 Å². The second-order valence-corrected chi connectivity index (χ2v) is 4.92. The maximum atomic E-state index is 11.7. The lowest BCUT2D eigenvalue weighted by Crippen LogP contribution is -2.51. The fourth-order valence-corrected chi connectivity index (χ4v) is 2.14. The minimum atomic E-state index is -1.19. The number of carboxylic acid groups (broad SMARTS) is 1. The van der Waals surface area contributed by atoms with Crippen LogP contribution in [-0.4, -0.2) is 42.6 Å². The van der Waals surface area contributed by atoms with Crippen LogP contribution in [0, 0.1) is 0 Å². The average Bonchev–Trinajstić information content (AvgIpc) is 2.49. The van der Waals surface area contributed by atoms with E-state index in [0.717, 1.165) is 0 Å². The van der Waals surface area contributed by atoms with Gasteiger partial charge >= 0.3 is 12.0 Å². The van der Waals surface area contributed by atoms with Crippen LogP contribution in [0.2, 0.25) is 5.02 Å². The second kappa shape index (κ2) is 7.01. The van der Waals surface area contributed by atoms with Gasteiger partial charge in [-0.3, -0.25) is 20.2 Å². The molecule has 0 bridgehead atoms. The van der Waals surface area contributed by atoms with Crippen molar-refractivity contribution in [3.05, 3.63) is 28.3 Å². The molecule has 0 aliphatic carbocycles. The van der Waals surface area contributed by atoms with E-state index in [2.05, 4.69) is 0 Å². The fourth-order valence-electron chi connectivity index (χ4n) is 1.87. The SMILES string of the molecule is COc1cc(C=C2C(=O)NC(=O)NC2=O)cc(Cl)c1OCC(=O)O. The number of nitrogens with one attached hydrogen (secondary N) is 2. The Hall–Kier alpha value is -3.07. The van der Waals surface area contributed by atoms with E-state index in [4.69, 9.17) is 26.2 Å². The first-order valence-electron chi connectivity index (χ1n) is 6.42. The lowest BCUT2D eigenvalue weighted by atomic mass is 10.1. The number of carbonyl (C=O) groups excluding carboxylic acids is 3. The summed E-state index contributed by atoms with van der Waals surface area (Å²) >= 11 is 6.03. The summed E-state index contributed by atoms with van der Waals surface area (Å²) in [5.74, 6) is -2.78. The van der Waals surface area contributed by atoms with Crippen LogP contribution in [0.3, 0.4) is 0 Å². The number of hydrogen-bond donors (Lipinski definition) is 3. The highest BCUT2D eigenvalue weighted by molar-refractivity contribution is 6.33. The zero-order valence-electron chi connectivity index (χ0n) is 12.2. The third-order valence-electron chi connectivity index (χ3n) is 2.85. The molecule has 2 rings (SSSR count). The topological polar surface area (TPSA) is 131 Å². The van der Waals surface area contributed by atoms with E-state index in [0.29, 0.717) is 5.56 Å². The Balaban J connectivity index is 2.38. The molecular weight excluding hydrogens is 344 g/mol. The predicted molar refractivity (Wildman–Crippen MR) is 80.8 cm³/mol. The van der Waals surface area contributed by atoms with Gasteiger partial charge in [0.05, 0.1) is 12.1 Å². The Labute approximate surface area is 140 Å². The van der Waals surface area contributed by atoms with Gasteiger partial charge in [-0.05, 0) is 23.8 Å². The van der Waals surface area contributed by atoms with Crippen LogP contribution in [0.25, 0.3) is 6.08 Å². The van der Waals surface area contributed by atoms with Crippen molar-refractivity contribution in [1.29, 1.82) is 0 Å². The van der Waals surface area contributed by atoms with Crippen LogP contribution in [-0.2, 0) is 14.4 Å². The Kier molecular flexibility index (Phi) is 5.05. The fraction of sp³-hybridized carbons (Fsp3) is 0.143. The number of benzene rings is 1. The maximum Gasteiger partial charge on any atom is 0.341 e. The zero-order chi connectivity index (χ0) is 17.9. The number of amides is 4. The molecule has 1 aromatic rings. The van der Waals surface area contributed by atoms with E-state index in [1.165, 1.54) is 25.3 Å². The van der Waals surface area contributed by atoms with Crippen molar-refractivity contribution in [1.82, 2.24) is 10.6 Å². The Bertz CT molecular complexity index is 751. The van der Waals surface area contributed by atoms with E-state index in [9.17, 15) is 19.2 Å². The minimum Gasteiger partial charge on any atom is -0.493 e. The van der Waals surface area contributed by atoms with Crippen molar-refractivity contribution >= 4 is 41.5 Å². The van der Waals surface area contributed by atoms with Gasteiger partial charge in [0, 0.05) is 0 Å². The van der Waals surface area contributed by atoms with Crippen molar-refractivity contribution in [3.63, 3.8) is 0 Å². The van der Waals surface area contributed by atoms with Gasteiger partial charge in [0.1, 0.15) is 5.57 Å². The Morgan fingerprint density at radius 1 is 1.25 bits per heavy atom. The maximum absolute atomic E-state index is 11.7. The standard InChI is InChI=1S/C14H11ClN2O7/c1-23-9-4-6(3-8(15)11(9)24-5-10(18)19)2-7-12(20)16-14(22)17-13(7)21/h2-4H,5H2,1H3,(H,18,19)(H2,16,17,20,21,22). The summed E-state index contributed by atoms with van der Waals surface area (Å²) in [4.78, 5) is 45.0. The first-order chi connectivity index (χ1) is 11.3. The number of methoxy groups -OCH3 is 1. The van der Waals surface area contributed by atoms with E-state index < -0.39 is 30.4 Å². The van der Waals surface area contributed by atoms with Crippen molar-refractivity contribution in [3.8, 4) is 11.5 Å². The van der Waals surface area contributed by atoms with Crippen LogP contribution in [0.15, 0.2) is 17.7 Å². The molecular formula is C14H11ClN2O7. The van der Waals surface area contributed by atoms with Crippen molar-refractivity contribution in [2.24, 2.45) is 0 Å². The van der Waals surface area contributed by atoms with E-state index in [-0.39, 0.29) is 22.1 Å². The van der Waals surface area contributed by atoms with E-state index in [1.54, 1.807) is 0 Å². The normalized spacial score (nSPS) is 13.9. The minimum absolute atomic E-state index is 0.0106. The molecule has 10 heteroatoms. The molecule has 1 fully saturated rings. The summed E-state index contributed by atoms with van der Waals surface area (Å²) in [5.41, 5.74) is 0.0149. The Morgan fingerprint density at radius 3 is 2.42 bits per heavy atom. The molecule has 24 heavy (non-hydrogen) atoms. The van der Waals surface area contributed by atoms with Crippen molar-refractivity contribution < 1.29 is 33.8 Å². The number of carbonyl (C=O) groups is 4. The summed E-state index contributed by atoms with van der Waals surface area (Å²) < 4.78 is 10.1. The molecule has 1 heterocycles. The predicted octanol–water partition coefficient (Wildman–Crippen LogP) is 0.561. The zero-order valence-corrected chi connectivity index (χ0v) is 13.0. The molecule has 0 saturated carbocycles. The summed E-state index contributed by atoms with van der Waals surface area (Å²) in [7, 11) is 1.31. The number of aliphatic carboxylic acids is 1. The molecule has 1 aliphatic heterocycles. The lowest BCUT2D eigenvalue weighted by Gasteiger charge is -2.15. The highest BCUT2D eigenvalue weighted by atomic mass is 35.5. The number of urea groups is 1. The largest absolute Gasteiger partial charge is 0.493 e. The summed E-state index contributed by atoms with van der Waals surface area (Å²) in [6.45, 7) is -0.622. The van der Waals surface area contributed by atoms with Gasteiger partial charge in [-0.1, -0.05) is 11.6 Å². The van der Waals surface area contributed by atoms with E-state index >= 15 is 0 Å². The van der Waals surface area contributed by atoms with Gasteiger partial charge in [0.2, 0.25) is 0 Å². The average molecular weight is 355 g/mol. The quantitative estimate of drug-likeness (QED) is 0.520. The number of ether oxygens (including phenoxy) is 2. The van der Waals surface area contributed by atoms with Crippen LogP contribution < -0.4 is 20.1 Å². The number of rotatable bonds is 5. The second-order valence-electron chi connectivity index (χ2n) is 4.51. The third-order valence-corrected chi connectivity index (χ3v) is 3.13. The lowest BCUT2D eigenvalue weighted by molar-refractivity contribution is -0.139. The molecule has 126 valence electrons. The highest BCUT2D eigenvalue weighted by Crippen LogP contribution is 2.37. The molecule has 0 spiro atoms. The summed E-state index contributed by atoms with van der Waals surface area (Å²) in [6.07, 6.45) is 1.20. The summed E-state index contributed by atoms with van der Waals surface area (Å²) in [6, 6.07) is 1.84. The Morgan fingerprint density at radius 2 is 1.88 bits per heavy atom. The van der Waals surface area contributed by atoms with Crippen molar-refractivity contribution in [2.75, 3.05) is 13.7 Å². The summed E-state index contributed by atoms with van der Waals surface area (Å²) in [5, 5.41) is 12.5. The first kappa shape index (κ1) is 17.3. The molecule has 0 radical (unpaired) electrons. The molecule has 3 N–H and O–H groups in total. The van der Waals surface area contributed by atoms with Gasteiger partial charge in [0.15, 0.2) is 18.1 Å². The van der Waals surface area contributed by atoms with Crippen LogP contribution in [0.1, 0.15) is 5.56 Å². The molecule has 1 aromatic carbocycles. The van der Waals surface area contributed by atoms with Gasteiger partial charge < -0.3 is 14.6 Å². The van der Waals surface area contributed by atoms with Crippen LogP contribution in [0.5, 0.6) is 11.5 Å². The first-order valence-corrected chi connectivity index (χ1v) is 6.80. The molecule has 1 aliphatic rings. The number of halogens is 1. The third kappa shape index (κ3) is 3.82.